The molecule has 0 amide bonds. The first-order chi connectivity index (χ1) is 10.1. The second-order valence-electron chi connectivity index (χ2n) is 5.67. The second-order valence-corrected chi connectivity index (χ2v) is 6.06. The van der Waals surface area contributed by atoms with E-state index in [1.165, 1.54) is 5.69 Å². The Kier molecular flexibility index (Phi) is 3.68. The normalized spacial score (nSPS) is 21.9. The highest BCUT2D eigenvalue weighted by molar-refractivity contribution is 7.80. The van der Waals surface area contributed by atoms with Gasteiger partial charge in [-0.25, -0.2) is 0 Å². The second kappa shape index (κ2) is 5.48. The largest absolute Gasteiger partial charge is 0.352 e. The van der Waals surface area contributed by atoms with Crippen molar-refractivity contribution >= 4 is 17.3 Å². The minimum atomic E-state index is 0.0797. The molecule has 2 aromatic rings. The van der Waals surface area contributed by atoms with Gasteiger partial charge in [-0.2, -0.15) is 0 Å². The molecule has 4 nitrogen and oxygen atoms in total. The molecule has 0 aromatic carbocycles. The molecule has 21 heavy (non-hydrogen) atoms. The van der Waals surface area contributed by atoms with Crippen molar-refractivity contribution in [3.63, 3.8) is 0 Å². The van der Waals surface area contributed by atoms with Crippen molar-refractivity contribution in [3.8, 4) is 0 Å². The van der Waals surface area contributed by atoms with Crippen molar-refractivity contribution in [1.82, 2.24) is 19.8 Å². The van der Waals surface area contributed by atoms with Crippen molar-refractivity contribution in [2.75, 3.05) is 7.05 Å². The maximum Gasteiger partial charge on any atom is 0.169 e. The molecule has 5 heteroatoms. The molecule has 1 saturated heterocycles. The molecule has 0 saturated carbocycles. The zero-order valence-electron chi connectivity index (χ0n) is 12.5. The van der Waals surface area contributed by atoms with Gasteiger partial charge in [0.2, 0.25) is 0 Å². The van der Waals surface area contributed by atoms with Crippen LogP contribution in [0.15, 0.2) is 42.7 Å². The topological polar surface area (TPSA) is 33.1 Å². The summed E-state index contributed by atoms with van der Waals surface area (Å²) < 4.78 is 2.30. The predicted molar refractivity (Wildman–Crippen MR) is 88.0 cm³/mol. The van der Waals surface area contributed by atoms with Gasteiger partial charge in [0.15, 0.2) is 5.11 Å². The average Bonchev–Trinajstić information content (AvgIpc) is 3.06. The lowest BCUT2D eigenvalue weighted by molar-refractivity contribution is 0.343. The van der Waals surface area contributed by atoms with Gasteiger partial charge in [0.25, 0.3) is 0 Å². The molecular formula is C16H20N4S. The van der Waals surface area contributed by atoms with Crippen molar-refractivity contribution < 1.29 is 0 Å². The molecule has 0 spiro atoms. The fraction of sp³-hybridized carbons (Fsp3) is 0.375. The van der Waals surface area contributed by atoms with E-state index in [1.807, 2.05) is 25.4 Å². The van der Waals surface area contributed by atoms with E-state index < -0.39 is 0 Å². The summed E-state index contributed by atoms with van der Waals surface area (Å²) in [5, 5.41) is 4.18. The Bertz CT molecular complexity index is 635. The third-order valence-electron chi connectivity index (χ3n) is 4.01. The van der Waals surface area contributed by atoms with Gasteiger partial charge in [0.1, 0.15) is 0 Å². The van der Waals surface area contributed by atoms with Gasteiger partial charge < -0.3 is 14.8 Å². The van der Waals surface area contributed by atoms with Gasteiger partial charge >= 0.3 is 0 Å². The number of rotatable bonds is 3. The van der Waals surface area contributed by atoms with Crippen LogP contribution >= 0.6 is 12.2 Å². The van der Waals surface area contributed by atoms with Crippen LogP contribution in [0.25, 0.3) is 0 Å². The lowest BCUT2D eigenvalue weighted by Crippen LogP contribution is -2.26. The van der Waals surface area contributed by atoms with E-state index in [0.717, 1.165) is 10.8 Å². The number of aromatic nitrogens is 2. The summed E-state index contributed by atoms with van der Waals surface area (Å²) in [7, 11) is 2.04. The van der Waals surface area contributed by atoms with E-state index >= 15 is 0 Å². The minimum absolute atomic E-state index is 0.0797. The number of nitrogens with zero attached hydrogens (tertiary/aromatic N) is 3. The average molecular weight is 300 g/mol. The zero-order valence-corrected chi connectivity index (χ0v) is 13.3. The summed E-state index contributed by atoms with van der Waals surface area (Å²) in [5.41, 5.74) is 2.28. The van der Waals surface area contributed by atoms with E-state index in [0.29, 0.717) is 6.04 Å². The molecule has 0 radical (unpaired) electrons. The predicted octanol–water partition coefficient (Wildman–Crippen LogP) is 3.07. The molecule has 2 aromatic heterocycles. The van der Waals surface area contributed by atoms with Crippen LogP contribution in [-0.2, 0) is 0 Å². The summed E-state index contributed by atoms with van der Waals surface area (Å²) in [6.45, 7) is 4.39. The van der Waals surface area contributed by atoms with Gasteiger partial charge in [-0.15, -0.1) is 0 Å². The maximum absolute atomic E-state index is 5.46. The Morgan fingerprint density at radius 1 is 1.24 bits per heavy atom. The third kappa shape index (κ3) is 2.42. The molecule has 2 atom stereocenters. The molecule has 0 aliphatic carbocycles. The van der Waals surface area contributed by atoms with E-state index in [9.17, 15) is 0 Å². The van der Waals surface area contributed by atoms with Gasteiger partial charge in [0.05, 0.1) is 17.8 Å². The summed E-state index contributed by atoms with van der Waals surface area (Å²) in [6, 6.07) is 10.9. The minimum Gasteiger partial charge on any atom is -0.352 e. The first-order valence-corrected chi connectivity index (χ1v) is 7.61. The molecule has 110 valence electrons. The zero-order chi connectivity index (χ0) is 15.0. The van der Waals surface area contributed by atoms with Crippen LogP contribution in [0.5, 0.6) is 0 Å². The quantitative estimate of drug-likeness (QED) is 0.883. The molecule has 1 fully saturated rings. The standard InChI is InChI=1S/C16H20N4S/c1-11(2)20-10-6-8-13(20)15-14(18-16(21)19(15)3)12-7-4-5-9-17-12/h4-11,14-15H,1-3H3,(H,18,21). The van der Waals surface area contributed by atoms with Gasteiger partial charge in [-0.1, -0.05) is 6.07 Å². The number of nitrogens with one attached hydrogen (secondary N) is 1. The van der Waals surface area contributed by atoms with E-state index in [2.05, 4.69) is 58.0 Å². The smallest absolute Gasteiger partial charge is 0.169 e. The highest BCUT2D eigenvalue weighted by Gasteiger charge is 2.39. The third-order valence-corrected chi connectivity index (χ3v) is 4.42. The number of hydrogen-bond donors (Lipinski definition) is 1. The van der Waals surface area contributed by atoms with Crippen LogP contribution in [0.4, 0.5) is 0 Å². The molecule has 1 N–H and O–H groups in total. The molecule has 1 aliphatic heterocycles. The Morgan fingerprint density at radius 2 is 2.05 bits per heavy atom. The summed E-state index contributed by atoms with van der Waals surface area (Å²) in [5.74, 6) is 0. The summed E-state index contributed by atoms with van der Waals surface area (Å²) in [4.78, 5) is 6.63. The van der Waals surface area contributed by atoms with Gasteiger partial charge in [0, 0.05) is 31.2 Å². The van der Waals surface area contributed by atoms with Crippen LogP contribution in [0.1, 0.15) is 43.4 Å². The van der Waals surface area contributed by atoms with Crippen LogP contribution in [0.2, 0.25) is 0 Å². The number of hydrogen-bond acceptors (Lipinski definition) is 2. The molecule has 2 unspecified atom stereocenters. The number of thiocarbonyl (C=S) groups is 1. The Hall–Kier alpha value is -1.88. The lowest BCUT2D eigenvalue weighted by Gasteiger charge is -2.27. The Balaban J connectivity index is 2.04. The lowest BCUT2D eigenvalue weighted by atomic mass is 10.0. The van der Waals surface area contributed by atoms with Crippen molar-refractivity contribution in [2.24, 2.45) is 0 Å². The first kappa shape index (κ1) is 14.1. The van der Waals surface area contributed by atoms with Gasteiger partial charge in [-0.3, -0.25) is 4.98 Å². The molecular weight excluding hydrogens is 280 g/mol. The molecule has 0 bridgehead atoms. The molecule has 3 rings (SSSR count). The van der Waals surface area contributed by atoms with Crippen molar-refractivity contribution in [2.45, 2.75) is 32.0 Å². The highest BCUT2D eigenvalue weighted by atomic mass is 32.1. The fourth-order valence-corrected chi connectivity index (χ4v) is 3.20. The van der Waals surface area contributed by atoms with Crippen molar-refractivity contribution in [3.05, 3.63) is 54.1 Å². The van der Waals surface area contributed by atoms with Gasteiger partial charge in [-0.05, 0) is 50.3 Å². The summed E-state index contributed by atoms with van der Waals surface area (Å²) in [6.07, 6.45) is 3.96. The Morgan fingerprint density at radius 3 is 2.71 bits per heavy atom. The molecule has 3 heterocycles. The maximum atomic E-state index is 5.46. The monoisotopic (exact) mass is 300 g/mol. The van der Waals surface area contributed by atoms with Crippen LogP contribution in [0, 0.1) is 0 Å². The van der Waals surface area contributed by atoms with E-state index in [-0.39, 0.29) is 12.1 Å². The summed E-state index contributed by atoms with van der Waals surface area (Å²) >= 11 is 5.46. The van der Waals surface area contributed by atoms with E-state index in [1.54, 1.807) is 0 Å². The SMILES string of the molecule is CC(C)n1cccc1C1C(c2ccccn2)NC(=S)N1C. The number of likely N-dealkylation sites (N-methyl/N-ethyl adjacent to an activating group) is 1. The fourth-order valence-electron chi connectivity index (χ4n) is 2.96. The first-order valence-electron chi connectivity index (χ1n) is 7.20. The van der Waals surface area contributed by atoms with Crippen LogP contribution < -0.4 is 5.32 Å². The van der Waals surface area contributed by atoms with Crippen molar-refractivity contribution in [1.29, 1.82) is 0 Å². The van der Waals surface area contributed by atoms with Crippen LogP contribution in [-0.4, -0.2) is 26.6 Å². The number of pyridine rings is 1. The van der Waals surface area contributed by atoms with Crippen LogP contribution in [0.3, 0.4) is 0 Å². The Labute approximate surface area is 130 Å². The molecule has 1 aliphatic rings. The van der Waals surface area contributed by atoms with E-state index in [4.69, 9.17) is 12.2 Å². The highest BCUT2D eigenvalue weighted by Crippen LogP contribution is 2.38.